The summed E-state index contributed by atoms with van der Waals surface area (Å²) in [5.74, 6) is -0.247. The van der Waals surface area contributed by atoms with Crippen LogP contribution in [0.5, 0.6) is 5.75 Å². The van der Waals surface area contributed by atoms with Crippen molar-refractivity contribution in [2.45, 2.75) is 18.9 Å². The van der Waals surface area contributed by atoms with Gasteiger partial charge in [-0.25, -0.2) is 0 Å². The van der Waals surface area contributed by atoms with Gasteiger partial charge in [0, 0.05) is 4.91 Å². The first-order valence-electron chi connectivity index (χ1n) is 5.04. The zero-order chi connectivity index (χ0) is 12.7. The Balaban J connectivity index is 2.69. The highest BCUT2D eigenvalue weighted by molar-refractivity contribution is 5.70. The molecule has 0 aliphatic heterocycles. The van der Waals surface area contributed by atoms with Gasteiger partial charge in [0.1, 0.15) is 5.75 Å². The molecule has 90 valence electrons. The van der Waals surface area contributed by atoms with Gasteiger partial charge < -0.3 is 9.84 Å². The summed E-state index contributed by atoms with van der Waals surface area (Å²) in [5.41, 5.74) is 9.29. The Labute approximate surface area is 98.5 Å². The van der Waals surface area contributed by atoms with Crippen molar-refractivity contribution in [2.75, 3.05) is 7.11 Å². The van der Waals surface area contributed by atoms with Gasteiger partial charge in [0.15, 0.2) is 0 Å². The molecular formula is C11H13N3O3. The number of hydrogen-bond acceptors (Lipinski definition) is 4. The van der Waals surface area contributed by atoms with Crippen LogP contribution in [0, 0.1) is 0 Å². The lowest BCUT2D eigenvalue weighted by Gasteiger charge is -2.09. The minimum Gasteiger partial charge on any atom is -0.508 e. The van der Waals surface area contributed by atoms with Crippen LogP contribution in [0.1, 0.15) is 12.0 Å². The maximum Gasteiger partial charge on any atom is 0.305 e. The Morgan fingerprint density at radius 1 is 1.53 bits per heavy atom. The summed E-state index contributed by atoms with van der Waals surface area (Å²) >= 11 is 0. The van der Waals surface area contributed by atoms with E-state index < -0.39 is 12.0 Å². The van der Waals surface area contributed by atoms with Crippen LogP contribution in [-0.2, 0) is 16.0 Å². The van der Waals surface area contributed by atoms with Gasteiger partial charge >= 0.3 is 5.97 Å². The lowest BCUT2D eigenvalue weighted by atomic mass is 10.0. The molecule has 0 saturated heterocycles. The van der Waals surface area contributed by atoms with Crippen LogP contribution in [0.3, 0.4) is 0 Å². The van der Waals surface area contributed by atoms with Crippen molar-refractivity contribution in [3.8, 4) is 5.75 Å². The monoisotopic (exact) mass is 235 g/mol. The first-order chi connectivity index (χ1) is 8.15. The molecule has 0 fully saturated rings. The second-order valence-electron chi connectivity index (χ2n) is 3.51. The molecule has 0 aliphatic carbocycles. The molecule has 6 heteroatoms. The first-order valence-corrected chi connectivity index (χ1v) is 5.04. The number of methoxy groups -OCH3 is 1. The van der Waals surface area contributed by atoms with Crippen LogP contribution in [0.4, 0.5) is 0 Å². The third-order valence-electron chi connectivity index (χ3n) is 2.25. The van der Waals surface area contributed by atoms with Gasteiger partial charge in [-0.15, -0.1) is 0 Å². The average Bonchev–Trinajstić information content (AvgIpc) is 2.32. The average molecular weight is 235 g/mol. The Kier molecular flexibility index (Phi) is 4.84. The highest BCUT2D eigenvalue weighted by atomic mass is 16.5. The van der Waals surface area contributed by atoms with Crippen molar-refractivity contribution in [1.82, 2.24) is 0 Å². The molecule has 0 spiro atoms. The molecule has 0 aliphatic rings. The fourth-order valence-corrected chi connectivity index (χ4v) is 1.41. The van der Waals surface area contributed by atoms with Crippen molar-refractivity contribution in [3.63, 3.8) is 0 Å². The molecule has 1 N–H and O–H groups in total. The van der Waals surface area contributed by atoms with Gasteiger partial charge in [-0.05, 0) is 29.6 Å². The predicted octanol–water partition coefficient (Wildman–Crippen LogP) is 2.18. The summed E-state index contributed by atoms with van der Waals surface area (Å²) in [6.07, 6.45) is 0.473. The fourth-order valence-electron chi connectivity index (χ4n) is 1.41. The zero-order valence-corrected chi connectivity index (χ0v) is 9.41. The Hall–Kier alpha value is -2.20. The highest BCUT2D eigenvalue weighted by Gasteiger charge is 2.13. The van der Waals surface area contributed by atoms with E-state index in [0.717, 1.165) is 5.56 Å². The summed E-state index contributed by atoms with van der Waals surface area (Å²) in [6.45, 7) is 0. The normalized spacial score (nSPS) is 11.4. The van der Waals surface area contributed by atoms with Gasteiger partial charge in [-0.1, -0.05) is 17.2 Å². The van der Waals surface area contributed by atoms with Crippen LogP contribution >= 0.6 is 0 Å². The van der Waals surface area contributed by atoms with Crippen molar-refractivity contribution in [3.05, 3.63) is 40.3 Å². The number of aromatic hydroxyl groups is 1. The second-order valence-corrected chi connectivity index (χ2v) is 3.51. The smallest absolute Gasteiger partial charge is 0.305 e. The predicted molar refractivity (Wildman–Crippen MR) is 61.4 cm³/mol. The number of carbonyl (C=O) groups excluding carboxylic acids is 1. The molecule has 0 heterocycles. The standard InChI is InChI=1S/C11H13N3O3/c1-17-11(16)7-9(13-14-12)6-8-2-4-10(15)5-3-8/h2-5,9,15H,6-7H2,1H3. The Morgan fingerprint density at radius 3 is 2.71 bits per heavy atom. The molecule has 6 nitrogen and oxygen atoms in total. The Morgan fingerprint density at radius 2 is 2.18 bits per heavy atom. The SMILES string of the molecule is COC(=O)CC(Cc1ccc(O)cc1)N=[N+]=[N-]. The van der Waals surface area contributed by atoms with Crippen molar-refractivity contribution >= 4 is 5.97 Å². The van der Waals surface area contributed by atoms with E-state index in [4.69, 9.17) is 10.6 Å². The van der Waals surface area contributed by atoms with Crippen molar-refractivity contribution < 1.29 is 14.6 Å². The van der Waals surface area contributed by atoms with Crippen molar-refractivity contribution in [2.24, 2.45) is 5.11 Å². The van der Waals surface area contributed by atoms with E-state index in [0.29, 0.717) is 6.42 Å². The van der Waals surface area contributed by atoms with E-state index in [9.17, 15) is 4.79 Å². The maximum absolute atomic E-state index is 11.1. The molecule has 1 aromatic carbocycles. The molecule has 17 heavy (non-hydrogen) atoms. The number of azide groups is 1. The number of phenols is 1. The molecule has 1 aromatic rings. The lowest BCUT2D eigenvalue weighted by molar-refractivity contribution is -0.140. The number of ether oxygens (including phenoxy) is 1. The van der Waals surface area contributed by atoms with E-state index in [1.165, 1.54) is 7.11 Å². The van der Waals surface area contributed by atoms with Crippen LogP contribution in [0.15, 0.2) is 29.4 Å². The number of benzene rings is 1. The zero-order valence-electron chi connectivity index (χ0n) is 9.41. The fraction of sp³-hybridized carbons (Fsp3) is 0.364. The largest absolute Gasteiger partial charge is 0.508 e. The van der Waals surface area contributed by atoms with Gasteiger partial charge in [-0.2, -0.15) is 0 Å². The van der Waals surface area contributed by atoms with Gasteiger partial charge in [-0.3, -0.25) is 4.79 Å². The molecule has 0 saturated carbocycles. The number of nitrogens with zero attached hydrogens (tertiary/aromatic N) is 3. The molecular weight excluding hydrogens is 222 g/mol. The van der Waals surface area contributed by atoms with Crippen LogP contribution in [0.2, 0.25) is 0 Å². The highest BCUT2D eigenvalue weighted by Crippen LogP contribution is 2.14. The molecule has 1 rings (SSSR count). The minimum absolute atomic E-state index is 0.0431. The van der Waals surface area contributed by atoms with Gasteiger partial charge in [0.25, 0.3) is 0 Å². The topological polar surface area (TPSA) is 95.3 Å². The molecule has 1 atom stereocenters. The number of esters is 1. The maximum atomic E-state index is 11.1. The number of hydrogen-bond donors (Lipinski definition) is 1. The summed E-state index contributed by atoms with van der Waals surface area (Å²) < 4.78 is 4.52. The summed E-state index contributed by atoms with van der Waals surface area (Å²) in [5, 5.41) is 12.7. The molecule has 0 aromatic heterocycles. The third-order valence-corrected chi connectivity index (χ3v) is 2.25. The van der Waals surface area contributed by atoms with Crippen LogP contribution in [0.25, 0.3) is 10.4 Å². The second kappa shape index (κ2) is 6.40. The van der Waals surface area contributed by atoms with Gasteiger partial charge in [0.2, 0.25) is 0 Å². The van der Waals surface area contributed by atoms with E-state index in [2.05, 4.69) is 14.8 Å². The lowest BCUT2D eigenvalue weighted by Crippen LogP contribution is -2.15. The molecule has 1 unspecified atom stereocenters. The molecule has 0 bridgehead atoms. The number of phenolic OH excluding ortho intramolecular Hbond substituents is 1. The van der Waals surface area contributed by atoms with E-state index >= 15 is 0 Å². The van der Waals surface area contributed by atoms with E-state index in [-0.39, 0.29) is 12.2 Å². The quantitative estimate of drug-likeness (QED) is 0.366. The summed E-state index contributed by atoms with van der Waals surface area (Å²) in [4.78, 5) is 13.8. The van der Waals surface area contributed by atoms with E-state index in [1.54, 1.807) is 24.3 Å². The van der Waals surface area contributed by atoms with Crippen LogP contribution < -0.4 is 0 Å². The summed E-state index contributed by atoms with van der Waals surface area (Å²) in [6, 6.07) is 6.04. The first kappa shape index (κ1) is 12.9. The van der Waals surface area contributed by atoms with Crippen LogP contribution in [-0.4, -0.2) is 24.2 Å². The third kappa shape index (κ3) is 4.44. The summed E-state index contributed by atoms with van der Waals surface area (Å²) in [7, 11) is 1.29. The van der Waals surface area contributed by atoms with Gasteiger partial charge in [0.05, 0.1) is 19.6 Å². The number of carbonyl (C=O) groups is 1. The molecule has 0 amide bonds. The molecule has 0 radical (unpaired) electrons. The number of rotatable bonds is 5. The van der Waals surface area contributed by atoms with Crippen molar-refractivity contribution in [1.29, 1.82) is 0 Å². The minimum atomic E-state index is -0.475. The Bertz CT molecular complexity index is 424. The van der Waals surface area contributed by atoms with E-state index in [1.807, 2.05) is 0 Å².